The van der Waals surface area contributed by atoms with Crippen LogP contribution in [-0.4, -0.2) is 66.8 Å². The largest absolute Gasteiger partial charge is 0.506 e. The number of nitrogens with one attached hydrogen (secondary N) is 1. The van der Waals surface area contributed by atoms with Crippen LogP contribution in [0.25, 0.3) is 0 Å². The van der Waals surface area contributed by atoms with Crippen molar-refractivity contribution in [2.45, 2.75) is 27.3 Å². The third-order valence-corrected chi connectivity index (χ3v) is 5.44. The van der Waals surface area contributed by atoms with Gasteiger partial charge in [-0.2, -0.15) is 0 Å². The second-order valence-electron chi connectivity index (χ2n) is 7.33. The van der Waals surface area contributed by atoms with E-state index in [9.17, 15) is 5.11 Å². The number of nitrogens with zero attached hydrogens (tertiary/aromatic N) is 5. The second kappa shape index (κ2) is 10.7. The van der Waals surface area contributed by atoms with E-state index in [0.29, 0.717) is 12.3 Å². The van der Waals surface area contributed by atoms with Crippen molar-refractivity contribution in [1.82, 2.24) is 15.2 Å². The third kappa shape index (κ3) is 5.34. The van der Waals surface area contributed by atoms with E-state index in [1.165, 1.54) is 0 Å². The van der Waals surface area contributed by atoms with Crippen LogP contribution >= 0.6 is 0 Å². The minimum Gasteiger partial charge on any atom is -0.506 e. The van der Waals surface area contributed by atoms with Gasteiger partial charge >= 0.3 is 0 Å². The van der Waals surface area contributed by atoms with E-state index in [-0.39, 0.29) is 0 Å². The van der Waals surface area contributed by atoms with Gasteiger partial charge in [0.1, 0.15) is 11.6 Å². The number of aliphatic imine (C=N–C) groups is 1. The Balaban J connectivity index is 1.62. The molecule has 7 nitrogen and oxygen atoms in total. The van der Waals surface area contributed by atoms with Gasteiger partial charge in [-0.15, -0.1) is 0 Å². The van der Waals surface area contributed by atoms with Gasteiger partial charge in [-0.3, -0.25) is 0 Å². The molecule has 7 heteroatoms. The molecule has 0 radical (unpaired) electrons. The highest BCUT2D eigenvalue weighted by Gasteiger charge is 2.21. The Hall–Kier alpha value is -2.96. The Labute approximate surface area is 180 Å². The van der Waals surface area contributed by atoms with Gasteiger partial charge in [0.25, 0.3) is 0 Å². The molecule has 1 fully saturated rings. The number of piperazine rings is 1. The van der Waals surface area contributed by atoms with Crippen LogP contribution in [-0.2, 0) is 6.54 Å². The fourth-order valence-corrected chi connectivity index (χ4v) is 3.73. The maximum atomic E-state index is 10.1. The van der Waals surface area contributed by atoms with Gasteiger partial charge in [-0.05, 0) is 44.5 Å². The molecule has 0 spiro atoms. The number of para-hydroxylation sites is 2. The van der Waals surface area contributed by atoms with E-state index >= 15 is 0 Å². The van der Waals surface area contributed by atoms with Gasteiger partial charge in [-0.25, -0.2) is 9.98 Å². The number of phenolic OH excluding ortho intramolecular Hbond substituents is 1. The predicted molar refractivity (Wildman–Crippen MR) is 125 cm³/mol. The summed E-state index contributed by atoms with van der Waals surface area (Å²) < 4.78 is 0. The molecule has 2 N–H and O–H groups in total. The third-order valence-electron chi connectivity index (χ3n) is 5.44. The molecule has 3 rings (SSSR count). The first kappa shape index (κ1) is 21.7. The molecule has 2 aromatic rings. The molecule has 1 aliphatic heterocycles. The first-order valence-corrected chi connectivity index (χ1v) is 10.9. The van der Waals surface area contributed by atoms with Crippen molar-refractivity contribution in [2.75, 3.05) is 55.6 Å². The number of benzene rings is 1. The lowest BCUT2D eigenvalue weighted by Gasteiger charge is -2.37. The number of aromatic hydroxyl groups is 1. The lowest BCUT2D eigenvalue weighted by atomic mass is 10.2. The Morgan fingerprint density at radius 1 is 1.07 bits per heavy atom. The maximum Gasteiger partial charge on any atom is 0.194 e. The SMILES string of the molecule is CCNC(=NCc1ccc(N(CC)CC)nc1)N1CCN(c2ccccc2O)CC1. The van der Waals surface area contributed by atoms with Gasteiger partial charge in [0, 0.05) is 52.0 Å². The summed E-state index contributed by atoms with van der Waals surface area (Å²) in [6.45, 7) is 13.1. The van der Waals surface area contributed by atoms with Crippen molar-refractivity contribution in [3.63, 3.8) is 0 Å². The molecule has 30 heavy (non-hydrogen) atoms. The number of pyridine rings is 1. The van der Waals surface area contributed by atoms with Crippen LogP contribution in [0.5, 0.6) is 5.75 Å². The summed E-state index contributed by atoms with van der Waals surface area (Å²) >= 11 is 0. The molecular formula is C23H34N6O. The van der Waals surface area contributed by atoms with Gasteiger partial charge in [0.2, 0.25) is 0 Å². The monoisotopic (exact) mass is 410 g/mol. The maximum absolute atomic E-state index is 10.1. The first-order chi connectivity index (χ1) is 14.7. The van der Waals surface area contributed by atoms with E-state index < -0.39 is 0 Å². The average Bonchev–Trinajstić information content (AvgIpc) is 2.79. The zero-order valence-corrected chi connectivity index (χ0v) is 18.4. The first-order valence-electron chi connectivity index (χ1n) is 10.9. The summed E-state index contributed by atoms with van der Waals surface area (Å²) in [5, 5.41) is 13.5. The van der Waals surface area contributed by atoms with Gasteiger partial charge < -0.3 is 25.1 Å². The highest BCUT2D eigenvalue weighted by molar-refractivity contribution is 5.80. The van der Waals surface area contributed by atoms with E-state index in [1.807, 2.05) is 24.4 Å². The summed E-state index contributed by atoms with van der Waals surface area (Å²) in [6, 6.07) is 11.7. The predicted octanol–water partition coefficient (Wildman–Crippen LogP) is 2.92. The standard InChI is InChI=1S/C23H34N6O/c1-4-24-23(26-18-19-11-12-22(25-17-19)27(5-2)6-3)29-15-13-28(14-16-29)20-9-7-8-10-21(20)30/h7-12,17,30H,4-6,13-16,18H2,1-3H3,(H,24,26). The number of aromatic nitrogens is 1. The lowest BCUT2D eigenvalue weighted by Crippen LogP contribution is -2.52. The molecule has 0 aliphatic carbocycles. The summed E-state index contributed by atoms with van der Waals surface area (Å²) in [4.78, 5) is 16.2. The number of phenols is 1. The van der Waals surface area contributed by atoms with Crippen molar-refractivity contribution in [3.05, 3.63) is 48.2 Å². The van der Waals surface area contributed by atoms with Crippen LogP contribution in [0.4, 0.5) is 11.5 Å². The van der Waals surface area contributed by atoms with E-state index in [4.69, 9.17) is 4.99 Å². The smallest absolute Gasteiger partial charge is 0.194 e. The highest BCUT2D eigenvalue weighted by Crippen LogP contribution is 2.27. The van der Waals surface area contributed by atoms with Crippen molar-refractivity contribution >= 4 is 17.5 Å². The minimum atomic E-state index is 0.340. The fraction of sp³-hybridized carbons (Fsp3) is 0.478. The number of hydrogen-bond donors (Lipinski definition) is 2. The summed E-state index contributed by atoms with van der Waals surface area (Å²) in [5.41, 5.74) is 2.01. The van der Waals surface area contributed by atoms with E-state index in [1.54, 1.807) is 6.07 Å². The van der Waals surface area contributed by atoms with Gasteiger partial charge in [0.05, 0.1) is 12.2 Å². The molecule has 1 aliphatic rings. The molecule has 2 heterocycles. The van der Waals surface area contributed by atoms with Gasteiger partial charge in [-0.1, -0.05) is 18.2 Å². The normalized spacial score (nSPS) is 14.7. The number of rotatable bonds is 7. The summed E-state index contributed by atoms with van der Waals surface area (Å²) in [7, 11) is 0. The average molecular weight is 411 g/mol. The number of hydrogen-bond acceptors (Lipinski definition) is 5. The minimum absolute atomic E-state index is 0.340. The second-order valence-corrected chi connectivity index (χ2v) is 7.33. The molecule has 0 atom stereocenters. The van der Waals surface area contributed by atoms with Crippen LogP contribution in [0.2, 0.25) is 0 Å². The van der Waals surface area contributed by atoms with E-state index in [0.717, 1.165) is 68.8 Å². The Bertz CT molecular complexity index is 811. The topological polar surface area (TPSA) is 67.2 Å². The van der Waals surface area contributed by atoms with Crippen LogP contribution < -0.4 is 15.1 Å². The Morgan fingerprint density at radius 2 is 1.80 bits per heavy atom. The van der Waals surface area contributed by atoms with Crippen LogP contribution in [0.1, 0.15) is 26.3 Å². The van der Waals surface area contributed by atoms with Crippen molar-refractivity contribution in [3.8, 4) is 5.75 Å². The molecule has 1 aromatic carbocycles. The van der Waals surface area contributed by atoms with Crippen LogP contribution in [0, 0.1) is 0 Å². The van der Waals surface area contributed by atoms with Crippen molar-refractivity contribution < 1.29 is 5.11 Å². The summed E-state index contributed by atoms with van der Waals surface area (Å²) in [5.74, 6) is 2.29. The van der Waals surface area contributed by atoms with Crippen LogP contribution in [0.3, 0.4) is 0 Å². The molecule has 0 amide bonds. The zero-order chi connectivity index (χ0) is 21.3. The fourth-order valence-electron chi connectivity index (χ4n) is 3.73. The quantitative estimate of drug-likeness (QED) is 0.540. The summed E-state index contributed by atoms with van der Waals surface area (Å²) in [6.07, 6.45) is 1.93. The lowest BCUT2D eigenvalue weighted by molar-refractivity contribution is 0.369. The van der Waals surface area contributed by atoms with Crippen LogP contribution in [0.15, 0.2) is 47.6 Å². The van der Waals surface area contributed by atoms with Crippen molar-refractivity contribution in [1.29, 1.82) is 0 Å². The molecule has 0 unspecified atom stereocenters. The number of guanidine groups is 1. The molecule has 162 valence electrons. The Kier molecular flexibility index (Phi) is 7.76. The zero-order valence-electron chi connectivity index (χ0n) is 18.4. The molecule has 0 saturated carbocycles. The highest BCUT2D eigenvalue weighted by atomic mass is 16.3. The van der Waals surface area contributed by atoms with Gasteiger partial charge in [0.15, 0.2) is 5.96 Å². The van der Waals surface area contributed by atoms with Crippen molar-refractivity contribution in [2.24, 2.45) is 4.99 Å². The van der Waals surface area contributed by atoms with E-state index in [2.05, 4.69) is 57.9 Å². The number of anilines is 2. The molecule has 1 aromatic heterocycles. The molecular weight excluding hydrogens is 376 g/mol. The Morgan fingerprint density at radius 3 is 2.40 bits per heavy atom. The molecule has 1 saturated heterocycles. The molecule has 0 bridgehead atoms.